The summed E-state index contributed by atoms with van der Waals surface area (Å²) in [5.74, 6) is 0.652. The summed E-state index contributed by atoms with van der Waals surface area (Å²) in [7, 11) is 0. The number of nitrogens with zero attached hydrogens (tertiary/aromatic N) is 2. The molecule has 0 radical (unpaired) electrons. The zero-order chi connectivity index (χ0) is 16.6. The van der Waals surface area contributed by atoms with Crippen molar-refractivity contribution in [2.45, 2.75) is 25.9 Å². The molecule has 1 aromatic carbocycles. The Balaban J connectivity index is 1.67. The van der Waals surface area contributed by atoms with E-state index in [0.29, 0.717) is 23.6 Å². The fourth-order valence-electron chi connectivity index (χ4n) is 2.69. The van der Waals surface area contributed by atoms with E-state index in [1.165, 1.54) is 0 Å². The Hall–Kier alpha value is -1.86. The highest BCUT2D eigenvalue weighted by atomic mass is 79.9. The molecule has 2 N–H and O–H groups in total. The highest BCUT2D eigenvalue weighted by Gasteiger charge is 2.45. The van der Waals surface area contributed by atoms with Gasteiger partial charge in [-0.3, -0.25) is 0 Å². The van der Waals surface area contributed by atoms with Crippen LogP contribution in [0.15, 0.2) is 33.3 Å². The van der Waals surface area contributed by atoms with Crippen molar-refractivity contribution in [2.75, 3.05) is 18.4 Å². The lowest BCUT2D eigenvalue weighted by Crippen LogP contribution is -2.62. The van der Waals surface area contributed by atoms with Crippen LogP contribution in [0.3, 0.4) is 0 Å². The van der Waals surface area contributed by atoms with Crippen molar-refractivity contribution in [1.29, 1.82) is 0 Å². The van der Waals surface area contributed by atoms with Crippen LogP contribution in [0.2, 0.25) is 0 Å². The number of carbonyl (C=O) groups excluding carboxylic acids is 1. The lowest BCUT2D eigenvalue weighted by molar-refractivity contribution is -0.0793. The van der Waals surface area contributed by atoms with Gasteiger partial charge in [0, 0.05) is 10.9 Å². The molecule has 0 unspecified atom stereocenters. The predicted molar refractivity (Wildman–Crippen MR) is 89.2 cm³/mol. The van der Waals surface area contributed by atoms with E-state index in [9.17, 15) is 9.90 Å². The number of hydrogen-bond acceptors (Lipinski definition) is 4. The minimum absolute atomic E-state index is 0.251. The summed E-state index contributed by atoms with van der Waals surface area (Å²) in [6, 6.07) is 7.24. The number of rotatable bonds is 3. The number of carbonyl (C=O) groups is 1. The average molecular weight is 380 g/mol. The maximum Gasteiger partial charge on any atom is 0.322 e. The summed E-state index contributed by atoms with van der Waals surface area (Å²) < 4.78 is 6.06. The molecule has 0 spiro atoms. The number of aryl methyl sites for hydroxylation is 2. The lowest BCUT2D eigenvalue weighted by atomic mass is 9.86. The highest BCUT2D eigenvalue weighted by Crippen LogP contribution is 2.33. The van der Waals surface area contributed by atoms with Gasteiger partial charge in [0.1, 0.15) is 17.0 Å². The molecule has 1 aliphatic rings. The summed E-state index contributed by atoms with van der Waals surface area (Å²) in [5.41, 5.74) is 1.07. The van der Waals surface area contributed by atoms with Gasteiger partial charge in [0.25, 0.3) is 0 Å². The molecule has 0 saturated carbocycles. The first-order chi connectivity index (χ1) is 10.9. The highest BCUT2D eigenvalue weighted by molar-refractivity contribution is 9.10. The third-order valence-electron chi connectivity index (χ3n) is 4.04. The fourth-order valence-corrected chi connectivity index (χ4v) is 3.09. The number of amides is 2. The van der Waals surface area contributed by atoms with Crippen LogP contribution < -0.4 is 5.32 Å². The van der Waals surface area contributed by atoms with Gasteiger partial charge in [-0.1, -0.05) is 40.1 Å². The van der Waals surface area contributed by atoms with E-state index in [-0.39, 0.29) is 19.1 Å². The van der Waals surface area contributed by atoms with Gasteiger partial charge in [-0.25, -0.2) is 4.79 Å². The van der Waals surface area contributed by atoms with Crippen LogP contribution in [-0.4, -0.2) is 34.3 Å². The van der Waals surface area contributed by atoms with Gasteiger partial charge in [0.15, 0.2) is 5.76 Å². The van der Waals surface area contributed by atoms with Crippen LogP contribution in [0.1, 0.15) is 23.9 Å². The van der Waals surface area contributed by atoms with E-state index in [4.69, 9.17) is 4.52 Å². The van der Waals surface area contributed by atoms with Crippen LogP contribution >= 0.6 is 15.9 Å². The SMILES string of the molecule is CCc1onc(C)c1NC(=O)N1CC(O)(c2cccc(Br)c2)C1. The molecule has 2 heterocycles. The second kappa shape index (κ2) is 5.98. The van der Waals surface area contributed by atoms with Crippen LogP contribution in [0.5, 0.6) is 0 Å². The molecular formula is C16H18BrN3O3. The summed E-state index contributed by atoms with van der Waals surface area (Å²) in [4.78, 5) is 13.9. The molecule has 0 aliphatic carbocycles. The second-order valence-electron chi connectivity index (χ2n) is 5.75. The van der Waals surface area contributed by atoms with Gasteiger partial charge in [-0.05, 0) is 24.6 Å². The largest absolute Gasteiger partial charge is 0.381 e. The first-order valence-corrected chi connectivity index (χ1v) is 8.22. The molecule has 1 saturated heterocycles. The standard InChI is InChI=1S/C16H18BrN3O3/c1-3-13-14(10(2)19-23-13)18-15(21)20-8-16(22,9-20)11-5-4-6-12(17)7-11/h4-7,22H,3,8-9H2,1-2H3,(H,18,21). The van der Waals surface area contributed by atoms with Gasteiger partial charge in [0.2, 0.25) is 0 Å². The minimum Gasteiger partial charge on any atom is -0.381 e. The number of halogens is 1. The lowest BCUT2D eigenvalue weighted by Gasteiger charge is -2.46. The van der Waals surface area contributed by atoms with Crippen molar-refractivity contribution in [3.63, 3.8) is 0 Å². The second-order valence-corrected chi connectivity index (χ2v) is 6.66. The van der Waals surface area contributed by atoms with Crippen molar-refractivity contribution < 1.29 is 14.4 Å². The van der Waals surface area contributed by atoms with Gasteiger partial charge in [-0.2, -0.15) is 0 Å². The molecule has 23 heavy (non-hydrogen) atoms. The zero-order valence-corrected chi connectivity index (χ0v) is 14.6. The van der Waals surface area contributed by atoms with Crippen molar-refractivity contribution >= 4 is 27.6 Å². The van der Waals surface area contributed by atoms with Crippen molar-refractivity contribution in [2.24, 2.45) is 0 Å². The number of aliphatic hydroxyl groups is 1. The van der Waals surface area contributed by atoms with Gasteiger partial charge in [0.05, 0.1) is 13.1 Å². The number of β-amino-alcohol motifs (C(OH)–C–C–N with tert-alkyl or cyclic N) is 1. The van der Waals surface area contributed by atoms with E-state index >= 15 is 0 Å². The number of likely N-dealkylation sites (tertiary alicyclic amines) is 1. The Bertz CT molecular complexity index is 738. The number of anilines is 1. The zero-order valence-electron chi connectivity index (χ0n) is 13.0. The fraction of sp³-hybridized carbons (Fsp3) is 0.375. The van der Waals surface area contributed by atoms with Crippen molar-refractivity contribution in [1.82, 2.24) is 10.1 Å². The van der Waals surface area contributed by atoms with Crippen molar-refractivity contribution in [3.8, 4) is 0 Å². The summed E-state index contributed by atoms with van der Waals surface area (Å²) in [6.07, 6.45) is 0.651. The van der Waals surface area contributed by atoms with Gasteiger partial charge >= 0.3 is 6.03 Å². The maximum atomic E-state index is 12.3. The molecule has 6 nitrogen and oxygen atoms in total. The molecule has 1 fully saturated rings. The molecule has 3 rings (SSSR count). The number of benzene rings is 1. The number of hydrogen-bond donors (Lipinski definition) is 2. The van der Waals surface area contributed by atoms with Gasteiger partial charge < -0.3 is 19.8 Å². The molecule has 2 amide bonds. The number of nitrogens with one attached hydrogen (secondary N) is 1. The molecule has 0 bridgehead atoms. The van der Waals surface area contributed by atoms with Crippen LogP contribution in [0, 0.1) is 6.92 Å². The molecule has 2 aromatic rings. The van der Waals surface area contributed by atoms with E-state index < -0.39 is 5.60 Å². The third kappa shape index (κ3) is 2.98. The maximum absolute atomic E-state index is 12.3. The molecular weight excluding hydrogens is 362 g/mol. The number of aromatic nitrogens is 1. The molecule has 7 heteroatoms. The van der Waals surface area contributed by atoms with Crippen LogP contribution in [-0.2, 0) is 12.0 Å². The quantitative estimate of drug-likeness (QED) is 0.858. The Labute approximate surface area is 142 Å². The molecule has 0 atom stereocenters. The van der Waals surface area contributed by atoms with E-state index in [1.807, 2.05) is 31.2 Å². The average Bonchev–Trinajstić information content (AvgIpc) is 2.84. The summed E-state index contributed by atoms with van der Waals surface area (Å²) >= 11 is 3.39. The minimum atomic E-state index is -1.00. The Morgan fingerprint density at radius 1 is 1.52 bits per heavy atom. The summed E-state index contributed by atoms with van der Waals surface area (Å²) in [5, 5.41) is 17.3. The molecule has 1 aliphatic heterocycles. The molecule has 122 valence electrons. The van der Waals surface area contributed by atoms with Crippen molar-refractivity contribution in [3.05, 3.63) is 45.8 Å². The number of urea groups is 1. The summed E-state index contributed by atoms with van der Waals surface area (Å²) in [6.45, 7) is 4.22. The van der Waals surface area contributed by atoms with E-state index in [2.05, 4.69) is 26.4 Å². The first-order valence-electron chi connectivity index (χ1n) is 7.42. The third-order valence-corrected chi connectivity index (χ3v) is 4.53. The van der Waals surface area contributed by atoms with E-state index in [1.54, 1.807) is 11.8 Å². The molecule has 1 aromatic heterocycles. The Kier molecular flexibility index (Phi) is 4.16. The first kappa shape index (κ1) is 16.0. The monoisotopic (exact) mass is 379 g/mol. The van der Waals surface area contributed by atoms with E-state index in [0.717, 1.165) is 10.0 Å². The predicted octanol–water partition coefficient (Wildman–Crippen LogP) is 3.04. The smallest absolute Gasteiger partial charge is 0.322 e. The topological polar surface area (TPSA) is 78.6 Å². The Morgan fingerprint density at radius 3 is 2.91 bits per heavy atom. The van der Waals surface area contributed by atoms with Crippen LogP contribution in [0.25, 0.3) is 0 Å². The van der Waals surface area contributed by atoms with Crippen LogP contribution in [0.4, 0.5) is 10.5 Å². The normalized spacial score (nSPS) is 16.1. The Morgan fingerprint density at radius 2 is 2.26 bits per heavy atom. The van der Waals surface area contributed by atoms with Gasteiger partial charge in [-0.15, -0.1) is 0 Å².